The summed E-state index contributed by atoms with van der Waals surface area (Å²) >= 11 is 0. The maximum Gasteiger partial charge on any atom is 0.225 e. The Balaban J connectivity index is 1.29. The predicted octanol–water partition coefficient (Wildman–Crippen LogP) is 7.94. The Bertz CT molecular complexity index is 1710. The molecule has 0 aliphatic heterocycles. The van der Waals surface area contributed by atoms with Crippen molar-refractivity contribution in [3.63, 3.8) is 0 Å². The summed E-state index contributed by atoms with van der Waals surface area (Å²) in [5.74, 6) is 1.44. The Morgan fingerprint density at radius 3 is 2.48 bits per heavy atom. The molecule has 1 aliphatic rings. The van der Waals surface area contributed by atoms with Gasteiger partial charge >= 0.3 is 0 Å². The fourth-order valence-electron chi connectivity index (χ4n) is 6.14. The Hall–Kier alpha value is -4.16. The Labute approximate surface area is 247 Å². The van der Waals surface area contributed by atoms with Gasteiger partial charge in [0.05, 0.1) is 29.8 Å². The molecule has 2 atom stereocenters. The summed E-state index contributed by atoms with van der Waals surface area (Å²) < 4.78 is 18.7. The van der Waals surface area contributed by atoms with Gasteiger partial charge in [0.25, 0.3) is 0 Å². The average molecular weight is 563 g/mol. The number of ether oxygens (including phenoxy) is 1. The van der Waals surface area contributed by atoms with Crippen molar-refractivity contribution in [3.05, 3.63) is 123 Å². The lowest BCUT2D eigenvalue weighted by Crippen LogP contribution is -2.32. The highest BCUT2D eigenvalue weighted by Gasteiger charge is 2.46. The van der Waals surface area contributed by atoms with Gasteiger partial charge in [-0.25, -0.2) is 0 Å². The topological polar surface area (TPSA) is 77.5 Å². The van der Waals surface area contributed by atoms with Gasteiger partial charge in [-0.05, 0) is 87.4 Å². The zero-order valence-corrected chi connectivity index (χ0v) is 25.0. The van der Waals surface area contributed by atoms with Gasteiger partial charge in [-0.2, -0.15) is 0 Å². The Morgan fingerprint density at radius 2 is 1.81 bits per heavy atom. The molecule has 6 rings (SSSR count). The number of hydrogen-bond donors (Lipinski definition) is 1. The second-order valence-electron chi connectivity index (χ2n) is 11.6. The van der Waals surface area contributed by atoms with Crippen molar-refractivity contribution >= 4 is 16.9 Å². The quantitative estimate of drug-likeness (QED) is 0.187. The molecule has 6 nitrogen and oxygen atoms in total. The first-order valence-electron chi connectivity index (χ1n) is 14.8. The van der Waals surface area contributed by atoms with Crippen LogP contribution in [0.2, 0.25) is 0 Å². The molecule has 0 radical (unpaired) electrons. The molecule has 0 spiro atoms. The number of furan rings is 1. The summed E-state index contributed by atoms with van der Waals surface area (Å²) in [6.45, 7) is 10.2. The predicted molar refractivity (Wildman–Crippen MR) is 163 cm³/mol. The highest BCUT2D eigenvalue weighted by Crippen LogP contribution is 2.46. The highest BCUT2D eigenvalue weighted by molar-refractivity contribution is 5.83. The third-order valence-corrected chi connectivity index (χ3v) is 8.35. The molecule has 42 heavy (non-hydrogen) atoms. The van der Waals surface area contributed by atoms with Gasteiger partial charge in [0.2, 0.25) is 5.91 Å². The van der Waals surface area contributed by atoms with E-state index in [0.29, 0.717) is 6.42 Å². The molecule has 0 saturated heterocycles. The first-order valence-corrected chi connectivity index (χ1v) is 14.8. The van der Waals surface area contributed by atoms with Gasteiger partial charge < -0.3 is 19.0 Å². The lowest BCUT2D eigenvalue weighted by atomic mass is 9.86. The van der Waals surface area contributed by atoms with Crippen molar-refractivity contribution in [3.8, 4) is 0 Å². The first kappa shape index (κ1) is 28.0. The fourth-order valence-corrected chi connectivity index (χ4v) is 6.14. The molecular formula is C36H38N2O4. The molecule has 5 aromatic rings. The minimum atomic E-state index is -0.777. The molecule has 2 unspecified atom stereocenters. The number of carbonyl (C=O) groups is 1. The molecule has 216 valence electrons. The summed E-state index contributed by atoms with van der Waals surface area (Å²) in [7, 11) is 0. The molecule has 1 fully saturated rings. The van der Waals surface area contributed by atoms with Crippen LogP contribution in [0.5, 0.6) is 0 Å². The van der Waals surface area contributed by atoms with Gasteiger partial charge in [0.15, 0.2) is 5.60 Å². The zero-order chi connectivity index (χ0) is 29.4. The molecule has 6 heteroatoms. The van der Waals surface area contributed by atoms with Crippen molar-refractivity contribution in [1.82, 2.24) is 10.5 Å². The highest BCUT2D eigenvalue weighted by atomic mass is 16.5. The standard InChI is InChI=1S/C36H38N2O4/c1-6-36(41-29-14-15-29,34-24(4)38-42-25(34)5)32-21-28-19-26(13-17-31(28)40-32)20-33(39)37-35(27-10-8-7-9-11-27)30-16-12-22(2)18-23(30)3/h7-13,16-19,21,29,35H,6,14-15,20H2,1-5H3,(H,37,39). The van der Waals surface area contributed by atoms with E-state index in [-0.39, 0.29) is 24.5 Å². The minimum Gasteiger partial charge on any atom is -0.458 e. The van der Waals surface area contributed by atoms with Gasteiger partial charge in [-0.15, -0.1) is 0 Å². The molecule has 1 amide bonds. The SMILES string of the molecule is CCC(OC1CC1)(c1cc2cc(CC(=O)NC(c3ccccc3)c3ccc(C)cc3C)ccc2o1)c1c(C)noc1C. The fraction of sp³-hybridized carbons (Fsp3) is 0.333. The lowest BCUT2D eigenvalue weighted by molar-refractivity contribution is -0.120. The molecule has 0 bridgehead atoms. The summed E-state index contributed by atoms with van der Waals surface area (Å²) in [5, 5.41) is 8.46. The summed E-state index contributed by atoms with van der Waals surface area (Å²) in [6.07, 6.45) is 3.21. The number of benzene rings is 3. The maximum atomic E-state index is 13.5. The molecule has 3 aromatic carbocycles. The van der Waals surface area contributed by atoms with E-state index in [0.717, 1.165) is 68.8 Å². The maximum absolute atomic E-state index is 13.5. The number of nitrogens with zero attached hydrogens (tertiary/aromatic N) is 1. The number of aryl methyl sites for hydroxylation is 4. The third-order valence-electron chi connectivity index (χ3n) is 8.35. The number of nitrogens with one attached hydrogen (secondary N) is 1. The summed E-state index contributed by atoms with van der Waals surface area (Å²) in [6, 6.07) is 24.3. The molecule has 2 heterocycles. The van der Waals surface area contributed by atoms with Crippen molar-refractivity contribution < 1.29 is 18.5 Å². The smallest absolute Gasteiger partial charge is 0.225 e. The summed E-state index contributed by atoms with van der Waals surface area (Å²) in [4.78, 5) is 13.5. The van der Waals surface area contributed by atoms with Crippen LogP contribution in [0.3, 0.4) is 0 Å². The van der Waals surface area contributed by atoms with Crippen LogP contribution < -0.4 is 5.32 Å². The van der Waals surface area contributed by atoms with Gasteiger partial charge in [-0.3, -0.25) is 4.79 Å². The molecule has 1 saturated carbocycles. The van der Waals surface area contributed by atoms with E-state index < -0.39 is 5.60 Å². The largest absolute Gasteiger partial charge is 0.458 e. The number of amides is 1. The van der Waals surface area contributed by atoms with Gasteiger partial charge in [-0.1, -0.05) is 72.2 Å². The lowest BCUT2D eigenvalue weighted by Gasteiger charge is -2.31. The van der Waals surface area contributed by atoms with Crippen LogP contribution in [0, 0.1) is 27.7 Å². The number of hydrogen-bond acceptors (Lipinski definition) is 5. The second-order valence-corrected chi connectivity index (χ2v) is 11.6. The Morgan fingerprint density at radius 1 is 1.02 bits per heavy atom. The zero-order valence-electron chi connectivity index (χ0n) is 25.0. The molecule has 1 aliphatic carbocycles. The van der Waals surface area contributed by atoms with Crippen LogP contribution in [-0.2, 0) is 21.6 Å². The van der Waals surface area contributed by atoms with Crippen molar-refractivity contribution in [2.75, 3.05) is 0 Å². The number of fused-ring (bicyclic) bond motifs is 1. The van der Waals surface area contributed by atoms with Gasteiger partial charge in [0.1, 0.15) is 17.1 Å². The normalized spacial score (nSPS) is 15.5. The van der Waals surface area contributed by atoms with Crippen molar-refractivity contribution in [2.45, 2.75) is 78.0 Å². The van der Waals surface area contributed by atoms with E-state index in [1.54, 1.807) is 0 Å². The van der Waals surface area contributed by atoms with E-state index in [4.69, 9.17) is 13.7 Å². The van der Waals surface area contributed by atoms with Crippen LogP contribution >= 0.6 is 0 Å². The number of rotatable bonds is 10. The minimum absolute atomic E-state index is 0.0393. The molecular weight excluding hydrogens is 524 g/mol. The molecule has 1 N–H and O–H groups in total. The van der Waals surface area contributed by atoms with E-state index >= 15 is 0 Å². The van der Waals surface area contributed by atoms with Gasteiger partial charge in [0, 0.05) is 5.39 Å². The van der Waals surface area contributed by atoms with Crippen LogP contribution in [-0.4, -0.2) is 17.2 Å². The monoisotopic (exact) mass is 562 g/mol. The summed E-state index contributed by atoms with van der Waals surface area (Å²) in [5.41, 5.74) is 7.16. The average Bonchev–Trinajstić information content (AvgIpc) is 3.58. The van der Waals surface area contributed by atoms with E-state index in [1.165, 1.54) is 5.56 Å². The Kier molecular flexibility index (Phi) is 7.50. The second kappa shape index (κ2) is 11.3. The van der Waals surface area contributed by atoms with Crippen molar-refractivity contribution in [2.24, 2.45) is 0 Å². The first-order chi connectivity index (χ1) is 20.3. The van der Waals surface area contributed by atoms with Crippen LogP contribution in [0.4, 0.5) is 0 Å². The number of carbonyl (C=O) groups excluding carboxylic acids is 1. The van der Waals surface area contributed by atoms with Crippen LogP contribution in [0.25, 0.3) is 11.0 Å². The van der Waals surface area contributed by atoms with E-state index in [9.17, 15) is 4.79 Å². The van der Waals surface area contributed by atoms with E-state index in [1.807, 2.05) is 50.2 Å². The van der Waals surface area contributed by atoms with Crippen LogP contribution in [0.15, 0.2) is 81.7 Å². The van der Waals surface area contributed by atoms with E-state index in [2.05, 4.69) is 67.6 Å². The van der Waals surface area contributed by atoms with Crippen LogP contribution in [0.1, 0.15) is 82.8 Å². The van der Waals surface area contributed by atoms with Crippen molar-refractivity contribution in [1.29, 1.82) is 0 Å². The third kappa shape index (κ3) is 5.39. The number of aromatic nitrogens is 1. The molecule has 2 aromatic heterocycles.